The van der Waals surface area contributed by atoms with E-state index in [1.54, 1.807) is 0 Å². The summed E-state index contributed by atoms with van der Waals surface area (Å²) in [6, 6.07) is 2.82. The predicted molar refractivity (Wildman–Crippen MR) is 95.1 cm³/mol. The van der Waals surface area contributed by atoms with Gasteiger partial charge in [0, 0.05) is 6.04 Å². The van der Waals surface area contributed by atoms with Crippen molar-refractivity contribution in [1.82, 2.24) is 5.32 Å². The molecule has 4 saturated carbocycles. The maximum Gasteiger partial charge on any atom is 0.0843 e. The Labute approximate surface area is 147 Å². The minimum Gasteiger partial charge on any atom is -0.393 e. The van der Waals surface area contributed by atoms with Gasteiger partial charge in [-0.3, -0.25) is 0 Å². The molecule has 8 atom stereocenters. The van der Waals surface area contributed by atoms with Gasteiger partial charge in [-0.05, 0) is 92.3 Å². The number of nitriles is 1. The Balaban J connectivity index is 1.55. The molecule has 0 aromatic carbocycles. The van der Waals surface area contributed by atoms with Crippen molar-refractivity contribution in [3.05, 3.63) is 0 Å². The van der Waals surface area contributed by atoms with Gasteiger partial charge < -0.3 is 10.4 Å². The fourth-order valence-corrected chi connectivity index (χ4v) is 7.74. The fourth-order valence-electron chi connectivity index (χ4n) is 7.74. The number of rotatable bonds is 2. The van der Waals surface area contributed by atoms with Gasteiger partial charge in [-0.1, -0.05) is 13.8 Å². The van der Waals surface area contributed by atoms with Crippen molar-refractivity contribution in [2.24, 2.45) is 34.5 Å². The highest BCUT2D eigenvalue weighted by molar-refractivity contribution is 5.11. The molecule has 24 heavy (non-hydrogen) atoms. The van der Waals surface area contributed by atoms with E-state index in [0.717, 1.165) is 36.5 Å². The summed E-state index contributed by atoms with van der Waals surface area (Å²) in [6.07, 6.45) is 11.3. The number of nitrogens with zero attached hydrogens (tertiary/aromatic N) is 1. The second-order valence-electron chi connectivity index (χ2n) is 9.80. The monoisotopic (exact) mass is 330 g/mol. The van der Waals surface area contributed by atoms with E-state index >= 15 is 0 Å². The molecular formula is C21H34N2O. The van der Waals surface area contributed by atoms with E-state index in [9.17, 15) is 5.11 Å². The lowest BCUT2D eigenvalue weighted by atomic mass is 9.45. The highest BCUT2D eigenvalue weighted by Crippen LogP contribution is 2.66. The van der Waals surface area contributed by atoms with Gasteiger partial charge in [-0.2, -0.15) is 5.26 Å². The zero-order chi connectivity index (χ0) is 16.9. The Kier molecular flexibility index (Phi) is 4.21. The molecule has 0 amide bonds. The van der Waals surface area contributed by atoms with Gasteiger partial charge in [0.1, 0.15) is 0 Å². The minimum absolute atomic E-state index is 0.0421. The van der Waals surface area contributed by atoms with Crippen LogP contribution in [0.5, 0.6) is 0 Å². The van der Waals surface area contributed by atoms with Gasteiger partial charge in [-0.25, -0.2) is 0 Å². The summed E-state index contributed by atoms with van der Waals surface area (Å²) in [6.45, 7) is 5.57. The predicted octanol–water partition coefficient (Wildman–Crippen LogP) is 3.87. The fraction of sp³-hybridized carbons (Fsp3) is 0.952. The third-order valence-electron chi connectivity index (χ3n) is 9.07. The van der Waals surface area contributed by atoms with Crippen LogP contribution in [0.3, 0.4) is 0 Å². The third-order valence-corrected chi connectivity index (χ3v) is 9.07. The summed E-state index contributed by atoms with van der Waals surface area (Å²) < 4.78 is 0. The van der Waals surface area contributed by atoms with Crippen molar-refractivity contribution in [1.29, 1.82) is 5.26 Å². The van der Waals surface area contributed by atoms with Crippen LogP contribution in [-0.4, -0.2) is 23.8 Å². The first-order valence-electron chi connectivity index (χ1n) is 10.3. The molecule has 0 heterocycles. The van der Waals surface area contributed by atoms with Crippen LogP contribution in [0.2, 0.25) is 0 Å². The number of fused-ring (bicyclic) bond motifs is 5. The average molecular weight is 331 g/mol. The molecule has 0 bridgehead atoms. The summed E-state index contributed by atoms with van der Waals surface area (Å²) in [5.41, 5.74) is 0.872. The molecule has 4 aliphatic rings. The smallest absolute Gasteiger partial charge is 0.0843 e. The molecule has 2 N–H and O–H groups in total. The van der Waals surface area contributed by atoms with E-state index in [4.69, 9.17) is 5.26 Å². The molecule has 0 unspecified atom stereocenters. The first kappa shape index (κ1) is 16.9. The molecule has 4 fully saturated rings. The third kappa shape index (κ3) is 2.36. The number of nitrogens with one attached hydrogen (secondary N) is 1. The van der Waals surface area contributed by atoms with E-state index in [1.807, 2.05) is 0 Å². The van der Waals surface area contributed by atoms with E-state index < -0.39 is 0 Å². The molecule has 0 saturated heterocycles. The Morgan fingerprint density at radius 1 is 1.00 bits per heavy atom. The van der Waals surface area contributed by atoms with Gasteiger partial charge in [0.15, 0.2) is 0 Å². The van der Waals surface area contributed by atoms with Gasteiger partial charge in [0.2, 0.25) is 0 Å². The maximum atomic E-state index is 10.1. The van der Waals surface area contributed by atoms with E-state index in [1.165, 1.54) is 44.9 Å². The molecule has 0 aromatic rings. The van der Waals surface area contributed by atoms with Crippen LogP contribution in [0, 0.1) is 45.8 Å². The molecule has 3 heteroatoms. The molecule has 4 aliphatic carbocycles. The summed E-state index contributed by atoms with van der Waals surface area (Å²) in [7, 11) is 0. The summed E-state index contributed by atoms with van der Waals surface area (Å²) >= 11 is 0. The van der Waals surface area contributed by atoms with Crippen LogP contribution < -0.4 is 5.32 Å². The average Bonchev–Trinajstić information content (AvgIpc) is 2.90. The lowest BCUT2D eigenvalue weighted by Gasteiger charge is -2.61. The van der Waals surface area contributed by atoms with Crippen LogP contribution in [0.15, 0.2) is 0 Å². The maximum absolute atomic E-state index is 10.1. The normalized spacial score (nSPS) is 53.6. The highest BCUT2D eigenvalue weighted by Gasteiger charge is 2.59. The summed E-state index contributed by atoms with van der Waals surface area (Å²) in [5, 5.41) is 22.6. The van der Waals surface area contributed by atoms with Gasteiger partial charge >= 0.3 is 0 Å². The molecule has 134 valence electrons. The number of hydrogen-bond acceptors (Lipinski definition) is 3. The largest absolute Gasteiger partial charge is 0.393 e. The first-order chi connectivity index (χ1) is 11.5. The molecule has 3 nitrogen and oxygen atoms in total. The van der Waals surface area contributed by atoms with Crippen LogP contribution >= 0.6 is 0 Å². The Morgan fingerprint density at radius 2 is 1.75 bits per heavy atom. The van der Waals surface area contributed by atoms with E-state index in [0.29, 0.717) is 23.4 Å². The van der Waals surface area contributed by atoms with E-state index in [-0.39, 0.29) is 6.10 Å². The van der Waals surface area contributed by atoms with Crippen molar-refractivity contribution in [3.63, 3.8) is 0 Å². The van der Waals surface area contributed by atoms with Crippen molar-refractivity contribution in [3.8, 4) is 6.07 Å². The van der Waals surface area contributed by atoms with Crippen LogP contribution in [0.4, 0.5) is 0 Å². The Hall–Kier alpha value is -0.590. The number of aliphatic hydroxyl groups excluding tert-OH is 1. The zero-order valence-electron chi connectivity index (χ0n) is 15.4. The Morgan fingerprint density at radius 3 is 2.54 bits per heavy atom. The van der Waals surface area contributed by atoms with Crippen molar-refractivity contribution in [2.75, 3.05) is 6.54 Å². The quantitative estimate of drug-likeness (QED) is 0.756. The molecule has 0 aromatic heterocycles. The van der Waals surface area contributed by atoms with Crippen LogP contribution in [-0.2, 0) is 0 Å². The number of aliphatic hydroxyl groups is 1. The van der Waals surface area contributed by atoms with Crippen molar-refractivity contribution < 1.29 is 5.11 Å². The molecule has 4 rings (SSSR count). The Bertz CT molecular complexity index is 528. The van der Waals surface area contributed by atoms with Gasteiger partial charge in [0.05, 0.1) is 18.7 Å². The first-order valence-corrected chi connectivity index (χ1v) is 10.3. The summed E-state index contributed by atoms with van der Waals surface area (Å²) in [4.78, 5) is 0. The van der Waals surface area contributed by atoms with Gasteiger partial charge in [0.25, 0.3) is 0 Å². The van der Waals surface area contributed by atoms with Crippen molar-refractivity contribution >= 4 is 0 Å². The standard InChI is InChI=1S/C21H34N2O/c1-20-9-7-15(24)13-14(20)3-4-16-17-5-6-19(23-12-11-22)21(17,2)10-8-18(16)20/h14-19,23-24H,3-10,12-13H2,1-2H3/t14-,15+,16+,17-,18+,19-,20-,21-/m0/s1. The molecule has 0 spiro atoms. The van der Waals surface area contributed by atoms with Crippen LogP contribution in [0.25, 0.3) is 0 Å². The molecule has 0 radical (unpaired) electrons. The second kappa shape index (κ2) is 5.99. The van der Waals surface area contributed by atoms with E-state index in [2.05, 4.69) is 25.2 Å². The SMILES string of the molecule is C[C@]12CC[C@@H](O)C[C@@H]1CC[C@H]1[C@H]2CC[C@]2(C)[C@@H](NCC#N)CC[C@@H]12. The highest BCUT2D eigenvalue weighted by atomic mass is 16.3. The molecular weight excluding hydrogens is 296 g/mol. The topological polar surface area (TPSA) is 56.0 Å². The van der Waals surface area contributed by atoms with Crippen LogP contribution in [0.1, 0.15) is 71.6 Å². The lowest BCUT2D eigenvalue weighted by Crippen LogP contribution is -2.55. The lowest BCUT2D eigenvalue weighted by molar-refractivity contribution is -0.123. The number of hydrogen-bond donors (Lipinski definition) is 2. The minimum atomic E-state index is -0.0421. The van der Waals surface area contributed by atoms with Gasteiger partial charge in [-0.15, -0.1) is 0 Å². The second-order valence-corrected chi connectivity index (χ2v) is 9.80. The zero-order valence-corrected chi connectivity index (χ0v) is 15.4. The van der Waals surface area contributed by atoms with Crippen molar-refractivity contribution in [2.45, 2.75) is 83.8 Å². The molecule has 0 aliphatic heterocycles. The summed E-state index contributed by atoms with van der Waals surface area (Å²) in [5.74, 6) is 3.35.